The van der Waals surface area contributed by atoms with Gasteiger partial charge in [-0.2, -0.15) is 0 Å². The van der Waals surface area contributed by atoms with Gasteiger partial charge in [-0.05, 0) is 33.3 Å². The third-order valence-electron chi connectivity index (χ3n) is 2.89. The van der Waals surface area contributed by atoms with Gasteiger partial charge in [0.05, 0.1) is 6.26 Å². The van der Waals surface area contributed by atoms with Gasteiger partial charge in [0.15, 0.2) is 0 Å². The van der Waals surface area contributed by atoms with Crippen molar-refractivity contribution in [1.82, 2.24) is 10.0 Å². The summed E-state index contributed by atoms with van der Waals surface area (Å²) in [5.41, 5.74) is 1.92. The van der Waals surface area contributed by atoms with Gasteiger partial charge >= 0.3 is 0 Å². The summed E-state index contributed by atoms with van der Waals surface area (Å²) in [6.07, 6.45) is 1.18. The number of aryl methyl sites for hydroxylation is 1. The van der Waals surface area contributed by atoms with Gasteiger partial charge in [0, 0.05) is 18.1 Å². The average Bonchev–Trinajstić information content (AvgIpc) is 2.24. The van der Waals surface area contributed by atoms with Crippen LogP contribution in [-0.4, -0.2) is 26.8 Å². The van der Waals surface area contributed by atoms with Crippen LogP contribution in [0.25, 0.3) is 0 Å². The molecule has 2 N–H and O–H groups in total. The molecule has 1 unspecified atom stereocenters. The molecule has 1 aromatic rings. The van der Waals surface area contributed by atoms with Crippen LogP contribution in [0, 0.1) is 6.92 Å². The molecule has 1 atom stereocenters. The average molecular weight is 284 g/mol. The molecular weight excluding hydrogens is 260 g/mol. The molecule has 1 rings (SSSR count). The molecule has 1 aromatic carbocycles. The van der Waals surface area contributed by atoms with Gasteiger partial charge in [0.25, 0.3) is 0 Å². The van der Waals surface area contributed by atoms with Crippen LogP contribution in [-0.2, 0) is 10.0 Å². The molecule has 0 amide bonds. The summed E-state index contributed by atoms with van der Waals surface area (Å²) >= 11 is 0. The van der Waals surface area contributed by atoms with Gasteiger partial charge < -0.3 is 5.32 Å². The van der Waals surface area contributed by atoms with Gasteiger partial charge in [-0.1, -0.05) is 29.8 Å². The summed E-state index contributed by atoms with van der Waals surface area (Å²) in [7, 11) is -3.19. The van der Waals surface area contributed by atoms with Gasteiger partial charge in [0.1, 0.15) is 0 Å². The molecule has 0 aliphatic heterocycles. The Labute approximate surface area is 116 Å². The summed E-state index contributed by atoms with van der Waals surface area (Å²) < 4.78 is 25.1. The van der Waals surface area contributed by atoms with E-state index in [9.17, 15) is 8.42 Å². The first kappa shape index (κ1) is 16.1. The zero-order valence-corrected chi connectivity index (χ0v) is 13.1. The first-order chi connectivity index (χ1) is 8.59. The molecule has 4 nitrogen and oxygen atoms in total. The molecule has 0 radical (unpaired) electrons. The lowest BCUT2D eigenvalue weighted by atomic mass is 10.0. The molecule has 0 spiro atoms. The zero-order chi connectivity index (χ0) is 14.7. The predicted octanol–water partition coefficient (Wildman–Crippen LogP) is 1.97. The fraction of sp³-hybridized carbons (Fsp3) is 0.571. The third-order valence-corrected chi connectivity index (χ3v) is 3.81. The molecule has 0 saturated heterocycles. The smallest absolute Gasteiger partial charge is 0.209 e. The number of hydrogen-bond acceptors (Lipinski definition) is 3. The maximum atomic E-state index is 11.3. The van der Waals surface area contributed by atoms with Crippen molar-refractivity contribution in [3.63, 3.8) is 0 Å². The van der Waals surface area contributed by atoms with Gasteiger partial charge in [-0.25, -0.2) is 13.1 Å². The molecule has 0 saturated carbocycles. The summed E-state index contributed by atoms with van der Waals surface area (Å²) in [6, 6.07) is 8.51. The minimum absolute atomic E-state index is 0.182. The van der Waals surface area contributed by atoms with E-state index in [-0.39, 0.29) is 6.04 Å². The third kappa shape index (κ3) is 6.18. The first-order valence-corrected chi connectivity index (χ1v) is 8.27. The Kier molecular flexibility index (Phi) is 5.12. The number of rotatable bonds is 6. The van der Waals surface area contributed by atoms with E-state index in [1.807, 2.05) is 13.8 Å². The monoisotopic (exact) mass is 284 g/mol. The van der Waals surface area contributed by atoms with E-state index in [4.69, 9.17) is 0 Å². The molecule has 19 heavy (non-hydrogen) atoms. The van der Waals surface area contributed by atoms with E-state index >= 15 is 0 Å². The highest BCUT2D eigenvalue weighted by Gasteiger charge is 2.22. The minimum Gasteiger partial charge on any atom is -0.308 e. The first-order valence-electron chi connectivity index (χ1n) is 6.38. The molecule has 0 aromatic heterocycles. The molecule has 5 heteroatoms. The van der Waals surface area contributed by atoms with Crippen molar-refractivity contribution >= 4 is 10.0 Å². The number of sulfonamides is 1. The Morgan fingerprint density at radius 3 is 2.21 bits per heavy atom. The van der Waals surface area contributed by atoms with Gasteiger partial charge in [0.2, 0.25) is 10.0 Å². The van der Waals surface area contributed by atoms with Crippen molar-refractivity contribution in [1.29, 1.82) is 0 Å². The largest absolute Gasteiger partial charge is 0.308 e. The van der Waals surface area contributed by atoms with E-state index in [1.165, 1.54) is 17.4 Å². The van der Waals surface area contributed by atoms with Crippen LogP contribution in [0.3, 0.4) is 0 Å². The summed E-state index contributed by atoms with van der Waals surface area (Å²) in [5.74, 6) is 0. The number of benzene rings is 1. The molecule has 0 aliphatic carbocycles. The van der Waals surface area contributed by atoms with E-state index in [0.29, 0.717) is 6.54 Å². The second-order valence-corrected chi connectivity index (χ2v) is 7.52. The normalized spacial score (nSPS) is 14.4. The van der Waals surface area contributed by atoms with Crippen LogP contribution in [0.2, 0.25) is 0 Å². The number of nitrogens with one attached hydrogen (secondary N) is 2. The Bertz CT molecular complexity index is 507. The maximum absolute atomic E-state index is 11.3. The maximum Gasteiger partial charge on any atom is 0.209 e. The lowest BCUT2D eigenvalue weighted by Gasteiger charge is -2.27. The highest BCUT2D eigenvalue weighted by molar-refractivity contribution is 7.88. The van der Waals surface area contributed by atoms with Crippen LogP contribution < -0.4 is 10.0 Å². The SMILES string of the molecule is Cc1ccc(C(C)NCC(C)(C)NS(C)(=O)=O)cc1. The van der Waals surface area contributed by atoms with Crippen molar-refractivity contribution in [3.05, 3.63) is 35.4 Å². The Balaban J connectivity index is 2.58. The van der Waals surface area contributed by atoms with Gasteiger partial charge in [-0.15, -0.1) is 0 Å². The Hall–Kier alpha value is -0.910. The van der Waals surface area contributed by atoms with Crippen molar-refractivity contribution in [2.45, 2.75) is 39.3 Å². The number of hydrogen-bond donors (Lipinski definition) is 2. The fourth-order valence-electron chi connectivity index (χ4n) is 1.92. The molecule has 0 bridgehead atoms. The zero-order valence-electron chi connectivity index (χ0n) is 12.3. The second-order valence-electron chi connectivity index (χ2n) is 5.77. The van der Waals surface area contributed by atoms with Crippen LogP contribution >= 0.6 is 0 Å². The Morgan fingerprint density at radius 1 is 1.21 bits per heavy atom. The Morgan fingerprint density at radius 2 is 1.74 bits per heavy atom. The van der Waals surface area contributed by atoms with Crippen molar-refractivity contribution < 1.29 is 8.42 Å². The van der Waals surface area contributed by atoms with E-state index < -0.39 is 15.6 Å². The van der Waals surface area contributed by atoms with Crippen molar-refractivity contribution in [3.8, 4) is 0 Å². The van der Waals surface area contributed by atoms with Crippen LogP contribution in [0.4, 0.5) is 0 Å². The van der Waals surface area contributed by atoms with E-state index in [2.05, 4.69) is 48.2 Å². The quantitative estimate of drug-likeness (QED) is 0.839. The highest BCUT2D eigenvalue weighted by atomic mass is 32.2. The molecule has 0 fully saturated rings. The summed E-state index contributed by atoms with van der Waals surface area (Å²) in [4.78, 5) is 0. The molecule has 0 heterocycles. The van der Waals surface area contributed by atoms with E-state index in [0.717, 1.165) is 0 Å². The van der Waals surface area contributed by atoms with Gasteiger partial charge in [-0.3, -0.25) is 0 Å². The van der Waals surface area contributed by atoms with Crippen LogP contribution in [0.1, 0.15) is 37.9 Å². The molecule has 108 valence electrons. The van der Waals surface area contributed by atoms with Crippen molar-refractivity contribution in [2.75, 3.05) is 12.8 Å². The summed E-state index contributed by atoms with van der Waals surface area (Å²) in [5, 5.41) is 3.35. The lowest BCUT2D eigenvalue weighted by Crippen LogP contribution is -2.50. The minimum atomic E-state index is -3.19. The molecular formula is C14H24N2O2S. The van der Waals surface area contributed by atoms with Crippen molar-refractivity contribution in [2.24, 2.45) is 0 Å². The van der Waals surface area contributed by atoms with Crippen LogP contribution in [0.5, 0.6) is 0 Å². The topological polar surface area (TPSA) is 58.2 Å². The van der Waals surface area contributed by atoms with Crippen LogP contribution in [0.15, 0.2) is 24.3 Å². The molecule has 0 aliphatic rings. The summed E-state index contributed by atoms with van der Waals surface area (Å²) in [6.45, 7) is 8.42. The standard InChI is InChI=1S/C14H24N2O2S/c1-11-6-8-13(9-7-11)12(2)15-10-14(3,4)16-19(5,17)18/h6-9,12,15-16H,10H2,1-5H3. The fourth-order valence-corrected chi connectivity index (χ4v) is 3.00. The second kappa shape index (κ2) is 6.03. The predicted molar refractivity (Wildman–Crippen MR) is 79.7 cm³/mol. The van der Waals surface area contributed by atoms with E-state index in [1.54, 1.807) is 0 Å². The highest BCUT2D eigenvalue weighted by Crippen LogP contribution is 2.14. The lowest BCUT2D eigenvalue weighted by molar-refractivity contribution is 0.399.